The first kappa shape index (κ1) is 38.8. The Morgan fingerprint density at radius 3 is 2.48 bits per heavy atom. The topological polar surface area (TPSA) is 271 Å². The number of rotatable bonds is 15. The van der Waals surface area contributed by atoms with Gasteiger partial charge in [-0.3, -0.25) is 24.1 Å². The minimum Gasteiger partial charge on any atom is -0.504 e. The van der Waals surface area contributed by atoms with Crippen molar-refractivity contribution in [3.63, 3.8) is 0 Å². The highest BCUT2D eigenvalue weighted by molar-refractivity contribution is 8.00. The lowest BCUT2D eigenvalue weighted by Crippen LogP contribution is -2.63. The Balaban J connectivity index is 1.20. The largest absolute Gasteiger partial charge is 0.504 e. The number of oxime groups is 1. The van der Waals surface area contributed by atoms with Gasteiger partial charge in [0, 0.05) is 47.1 Å². The van der Waals surface area contributed by atoms with Crippen LogP contribution >= 0.6 is 34.7 Å². The number of phenols is 2. The van der Waals surface area contributed by atoms with E-state index >= 15 is 0 Å². The average molecular weight is 808 g/mol. The molecule has 2 saturated heterocycles. The van der Waals surface area contributed by atoms with Crippen LogP contribution < -0.4 is 5.73 Å². The van der Waals surface area contributed by atoms with Crippen molar-refractivity contribution in [3.05, 3.63) is 44.6 Å². The molecule has 0 radical (unpaired) electrons. The number of nitrogens with zero attached hydrogens (tertiary/aromatic N) is 5. The van der Waals surface area contributed by atoms with E-state index in [0.717, 1.165) is 30.2 Å². The van der Waals surface area contributed by atoms with Gasteiger partial charge in [0.05, 0.1) is 61.0 Å². The van der Waals surface area contributed by atoms with Crippen LogP contribution in [0.2, 0.25) is 5.02 Å². The smallest absolute Gasteiger partial charge is 0.352 e. The van der Waals surface area contributed by atoms with Crippen molar-refractivity contribution >= 4 is 81.0 Å². The van der Waals surface area contributed by atoms with E-state index in [1.54, 1.807) is 0 Å². The highest BCUT2D eigenvalue weighted by atomic mass is 35.5. The number of hydrogen-bond donors (Lipinski definition) is 6. The number of anilines is 1. The summed E-state index contributed by atoms with van der Waals surface area (Å²) in [7, 11) is 0. The van der Waals surface area contributed by atoms with E-state index in [1.165, 1.54) is 26.9 Å². The summed E-state index contributed by atoms with van der Waals surface area (Å²) in [4.78, 5) is 87.8. The number of carbonyl (C=O) groups excluding carboxylic acids is 3. The summed E-state index contributed by atoms with van der Waals surface area (Å²) in [5.41, 5.74) is 5.94. The van der Waals surface area contributed by atoms with Gasteiger partial charge in [-0.05, 0) is 6.92 Å². The second-order valence-corrected chi connectivity index (χ2v) is 16.3. The number of phenolic OH excluding ortho intramolecular Hbond substituents is 2. The quantitative estimate of drug-likeness (QED) is 0.0493. The van der Waals surface area contributed by atoms with Crippen molar-refractivity contribution < 1.29 is 63.6 Å². The number of halogens is 1. The van der Waals surface area contributed by atoms with Gasteiger partial charge in [0.1, 0.15) is 17.9 Å². The molecule has 18 nitrogen and oxygen atoms in total. The molecule has 6 rings (SSSR count). The van der Waals surface area contributed by atoms with Gasteiger partial charge in [-0.1, -0.05) is 16.8 Å². The number of nitrogen functional groups attached to an aromatic ring is 1. The third-order valence-corrected chi connectivity index (χ3v) is 12.6. The summed E-state index contributed by atoms with van der Waals surface area (Å²) >= 11 is 8.52. The molecule has 2 amide bonds. The molecule has 5 heterocycles. The molecule has 4 aliphatic rings. The van der Waals surface area contributed by atoms with E-state index in [-0.39, 0.29) is 58.2 Å². The molecule has 4 aliphatic heterocycles. The number of carboxylic acid groups (broad SMARTS) is 3. The number of ketones is 1. The number of quaternary nitrogens is 1. The maximum atomic E-state index is 13.7. The molecular formula is C33H36ClN6O12S2+. The minimum absolute atomic E-state index is 0.0307. The molecule has 288 valence electrons. The molecule has 0 aliphatic carbocycles. The number of thiazole rings is 1. The Kier molecular flexibility index (Phi) is 10.8. The molecule has 1 aromatic carbocycles. The number of carboxylic acids is 3. The third kappa shape index (κ3) is 7.29. The van der Waals surface area contributed by atoms with Gasteiger partial charge < -0.3 is 45.5 Å². The van der Waals surface area contributed by atoms with Crippen LogP contribution in [0.3, 0.4) is 0 Å². The molecule has 4 atom stereocenters. The lowest BCUT2D eigenvalue weighted by Gasteiger charge is -2.51. The number of benzene rings is 1. The number of fused-ring (bicyclic) bond motifs is 2. The fourth-order valence-corrected chi connectivity index (χ4v) is 9.74. The van der Waals surface area contributed by atoms with Gasteiger partial charge in [-0.25, -0.2) is 14.6 Å². The van der Waals surface area contributed by atoms with Crippen LogP contribution in [0.4, 0.5) is 5.13 Å². The van der Waals surface area contributed by atoms with E-state index < -0.39 is 82.3 Å². The SMILES string of the molecule is C[C@@H]1S[C@@H]2[C@H](CC(=O)/C(=N\O[C@@H](CC(=O)O)C(=O)O)c3csc(N)n3)C(=O)N2C(C(=O)O)=C1C[N+]1(CCN2Cc3c(O)c(O)cc(Cl)c3C2=O)CCCC1. The van der Waals surface area contributed by atoms with Crippen molar-refractivity contribution in [1.82, 2.24) is 14.8 Å². The van der Waals surface area contributed by atoms with E-state index in [9.17, 15) is 49.2 Å². The van der Waals surface area contributed by atoms with Crippen LogP contribution in [-0.4, -0.2) is 135 Å². The number of β-lactam (4-membered cyclic amide) rings is 1. The molecule has 0 unspecified atom stereocenters. The minimum atomic E-state index is -1.92. The highest BCUT2D eigenvalue weighted by Gasteiger charge is 2.56. The number of aliphatic carboxylic acids is 3. The number of thioether (sulfide) groups is 1. The van der Waals surface area contributed by atoms with E-state index in [4.69, 9.17) is 27.3 Å². The predicted molar refractivity (Wildman–Crippen MR) is 192 cm³/mol. The lowest BCUT2D eigenvalue weighted by atomic mass is 9.88. The number of amides is 2. The standard InChI is InChI=1S/C33H35ClN6O12S2/c1-14-17(12-40(5-2-3-6-40)7-4-38-11-16-24(29(38)47)18(34)9-21(42)27(16)45)26(32(50)51)39-28(46)15(30(39)54-14)8-20(41)25(19-13-53-33(35)36-19)37-52-22(31(48)49)10-23(43)44/h9,13-15,22,30H,2-8,10-12H2,1H3,(H6-,35,36,37,41,42,43,44,45,47,48,49,50,51)/p+1/t14-,15+,22-,30+/m0/s1. The second kappa shape index (κ2) is 15.1. The Morgan fingerprint density at radius 1 is 1.17 bits per heavy atom. The number of nitrogens with two attached hydrogens (primary N) is 1. The van der Waals surface area contributed by atoms with Crippen molar-refractivity contribution in [3.8, 4) is 11.5 Å². The summed E-state index contributed by atoms with van der Waals surface area (Å²) in [6.07, 6.45) is -1.60. The van der Waals surface area contributed by atoms with E-state index in [2.05, 4.69) is 10.1 Å². The van der Waals surface area contributed by atoms with Crippen LogP contribution in [0.5, 0.6) is 11.5 Å². The molecule has 7 N–H and O–H groups in total. The number of aromatic hydroxyl groups is 2. The molecule has 2 aromatic rings. The molecule has 21 heteroatoms. The average Bonchev–Trinajstić information content (AvgIpc) is 3.84. The molecule has 1 aromatic heterocycles. The number of carbonyl (C=O) groups is 6. The van der Waals surface area contributed by atoms with Gasteiger partial charge in [0.15, 0.2) is 28.1 Å². The summed E-state index contributed by atoms with van der Waals surface area (Å²) < 4.78 is 0.451. The summed E-state index contributed by atoms with van der Waals surface area (Å²) in [5, 5.41) is 53.3. The van der Waals surface area contributed by atoms with Gasteiger partial charge in [0.2, 0.25) is 12.0 Å². The maximum absolute atomic E-state index is 13.7. The first-order chi connectivity index (χ1) is 25.5. The van der Waals surface area contributed by atoms with E-state index in [1.807, 2.05) is 6.92 Å². The van der Waals surface area contributed by atoms with Crippen molar-refractivity contribution in [2.75, 3.05) is 38.5 Å². The van der Waals surface area contributed by atoms with Gasteiger partial charge in [-0.15, -0.1) is 23.1 Å². The first-order valence-corrected chi connectivity index (χ1v) is 19.0. The zero-order valence-electron chi connectivity index (χ0n) is 28.6. The fourth-order valence-electron chi connectivity index (χ4n) is 7.39. The number of hydrogen-bond acceptors (Lipinski definition) is 14. The van der Waals surface area contributed by atoms with Gasteiger partial charge in [0.25, 0.3) is 5.91 Å². The normalized spacial score (nSPS) is 22.5. The first-order valence-electron chi connectivity index (χ1n) is 16.8. The Morgan fingerprint density at radius 2 is 1.87 bits per heavy atom. The Bertz CT molecular complexity index is 2010. The summed E-state index contributed by atoms with van der Waals surface area (Å²) in [6.45, 7) is 4.28. The zero-order valence-corrected chi connectivity index (χ0v) is 31.0. The van der Waals surface area contributed by atoms with Crippen LogP contribution in [0.25, 0.3) is 0 Å². The summed E-state index contributed by atoms with van der Waals surface area (Å²) in [5.74, 6) is -7.99. The van der Waals surface area contributed by atoms with Crippen molar-refractivity contribution in [2.45, 2.75) is 55.9 Å². The van der Waals surface area contributed by atoms with Crippen molar-refractivity contribution in [2.24, 2.45) is 11.1 Å². The van der Waals surface area contributed by atoms with Gasteiger partial charge in [-0.2, -0.15) is 0 Å². The van der Waals surface area contributed by atoms with Gasteiger partial charge >= 0.3 is 17.9 Å². The molecular weight excluding hydrogens is 772 g/mol. The van der Waals surface area contributed by atoms with Crippen LogP contribution in [0, 0.1) is 5.92 Å². The number of likely N-dealkylation sites (tertiary alicyclic amines) is 1. The van der Waals surface area contributed by atoms with E-state index in [0.29, 0.717) is 29.7 Å². The molecule has 2 fully saturated rings. The lowest BCUT2D eigenvalue weighted by molar-refractivity contribution is -0.911. The molecule has 0 spiro atoms. The number of aromatic nitrogens is 1. The maximum Gasteiger partial charge on any atom is 0.352 e. The van der Waals surface area contributed by atoms with Crippen LogP contribution in [0.15, 0.2) is 27.9 Å². The molecule has 54 heavy (non-hydrogen) atoms. The van der Waals surface area contributed by atoms with Crippen LogP contribution in [0.1, 0.15) is 54.2 Å². The molecule has 0 saturated carbocycles. The monoisotopic (exact) mass is 807 g/mol. The Labute approximate surface area is 320 Å². The van der Waals surface area contributed by atoms with Crippen molar-refractivity contribution in [1.29, 1.82) is 0 Å². The fraction of sp³-hybridized carbons (Fsp3) is 0.455. The summed E-state index contributed by atoms with van der Waals surface area (Å²) in [6, 6.07) is 1.12. The van der Waals surface area contributed by atoms with Crippen LogP contribution in [-0.2, 0) is 35.4 Å². The third-order valence-electron chi connectivity index (χ3n) is 10.1. The zero-order chi connectivity index (χ0) is 39.2. The second-order valence-electron chi connectivity index (χ2n) is 13.5. The highest BCUT2D eigenvalue weighted by Crippen LogP contribution is 2.49. The molecule has 0 bridgehead atoms. The Hall–Kier alpha value is -4.92. The number of Topliss-reactive ketones (excluding diaryl/α,β-unsaturated/α-hetero) is 1. The predicted octanol–water partition coefficient (Wildman–Crippen LogP) is 1.92.